The molecule has 0 radical (unpaired) electrons. The number of nitrogens with one attached hydrogen (secondary N) is 2. The summed E-state index contributed by atoms with van der Waals surface area (Å²) in [6.07, 6.45) is 0.920. The number of amides is 2. The molecule has 0 unspecified atom stereocenters. The van der Waals surface area contributed by atoms with E-state index < -0.39 is 15.9 Å². The molecule has 0 saturated heterocycles. The normalized spacial score (nSPS) is 11.2. The number of aryl methyl sites for hydroxylation is 2. The first-order chi connectivity index (χ1) is 14.3. The molecule has 0 aliphatic carbocycles. The van der Waals surface area contributed by atoms with Gasteiger partial charge in [0.2, 0.25) is 0 Å². The molecule has 5 nitrogen and oxygen atoms in total. The highest BCUT2D eigenvalue weighted by atomic mass is 35.5. The largest absolute Gasteiger partial charge is 0.323 e. The Balaban J connectivity index is 1.75. The summed E-state index contributed by atoms with van der Waals surface area (Å²) in [4.78, 5) is 12.5. The average Bonchev–Trinajstić information content (AvgIpc) is 2.71. The minimum atomic E-state index is -3.60. The van der Waals surface area contributed by atoms with Crippen LogP contribution in [0.15, 0.2) is 71.6 Å². The Labute approximate surface area is 182 Å². The number of carbonyl (C=O) groups is 1. The van der Waals surface area contributed by atoms with E-state index in [4.69, 9.17) is 11.6 Å². The standard InChI is InChI=1S/C23H23ClN2O3S/c1-3-17-7-12-20(13-8-17)25-23(27)26-21-11-4-16(2)22(14-21)30(28,29)15-18-5-9-19(24)10-6-18/h4-14H,3,15H2,1-2H3,(H2,25,26,27). The summed E-state index contributed by atoms with van der Waals surface area (Å²) < 4.78 is 25.9. The lowest BCUT2D eigenvalue weighted by Gasteiger charge is -2.12. The van der Waals surface area contributed by atoms with Crippen LogP contribution in [0.1, 0.15) is 23.6 Å². The Morgan fingerprint density at radius 2 is 1.43 bits per heavy atom. The SMILES string of the molecule is CCc1ccc(NC(=O)Nc2ccc(C)c(S(=O)(=O)Cc3ccc(Cl)cc3)c2)cc1. The monoisotopic (exact) mass is 442 g/mol. The van der Waals surface area contributed by atoms with E-state index in [1.807, 2.05) is 24.3 Å². The van der Waals surface area contributed by atoms with E-state index in [-0.39, 0.29) is 10.6 Å². The van der Waals surface area contributed by atoms with Gasteiger partial charge in [0.15, 0.2) is 9.84 Å². The Morgan fingerprint density at radius 3 is 2.07 bits per heavy atom. The Morgan fingerprint density at radius 1 is 0.867 bits per heavy atom. The summed E-state index contributed by atoms with van der Waals surface area (Å²) in [6, 6.07) is 18.7. The lowest BCUT2D eigenvalue weighted by Crippen LogP contribution is -2.19. The van der Waals surface area contributed by atoms with E-state index in [2.05, 4.69) is 17.6 Å². The van der Waals surface area contributed by atoms with Crippen LogP contribution in [0.5, 0.6) is 0 Å². The van der Waals surface area contributed by atoms with E-state index in [9.17, 15) is 13.2 Å². The maximum Gasteiger partial charge on any atom is 0.323 e. The first-order valence-corrected chi connectivity index (χ1v) is 11.5. The number of hydrogen-bond donors (Lipinski definition) is 2. The molecule has 7 heteroatoms. The third-order valence-electron chi connectivity index (χ3n) is 4.67. The van der Waals surface area contributed by atoms with Gasteiger partial charge in [-0.1, -0.05) is 48.9 Å². The number of anilines is 2. The van der Waals surface area contributed by atoms with Gasteiger partial charge in [0.25, 0.3) is 0 Å². The Bertz CT molecular complexity index is 1140. The Kier molecular flexibility index (Phi) is 6.80. The second-order valence-corrected chi connectivity index (χ2v) is 9.39. The van der Waals surface area contributed by atoms with E-state index in [0.717, 1.165) is 6.42 Å². The predicted molar refractivity (Wildman–Crippen MR) is 122 cm³/mol. The van der Waals surface area contributed by atoms with Crippen LogP contribution in [-0.4, -0.2) is 14.4 Å². The number of hydrogen-bond acceptors (Lipinski definition) is 3. The van der Waals surface area contributed by atoms with Gasteiger partial charge in [-0.25, -0.2) is 13.2 Å². The minimum Gasteiger partial charge on any atom is -0.308 e. The lowest BCUT2D eigenvalue weighted by molar-refractivity contribution is 0.262. The number of carbonyl (C=O) groups excluding carboxylic acids is 1. The van der Waals surface area contributed by atoms with Crippen LogP contribution in [0.2, 0.25) is 5.02 Å². The number of halogens is 1. The summed E-state index contributed by atoms with van der Waals surface area (Å²) >= 11 is 5.87. The summed E-state index contributed by atoms with van der Waals surface area (Å²) in [5, 5.41) is 6.00. The molecule has 0 fully saturated rings. The van der Waals surface area contributed by atoms with Gasteiger partial charge in [-0.05, 0) is 66.4 Å². The fraction of sp³-hybridized carbons (Fsp3) is 0.174. The molecule has 2 amide bonds. The lowest BCUT2D eigenvalue weighted by atomic mass is 10.1. The molecule has 0 aliphatic heterocycles. The molecule has 0 atom stereocenters. The number of urea groups is 1. The van der Waals surface area contributed by atoms with Crippen molar-refractivity contribution in [2.45, 2.75) is 30.9 Å². The number of benzene rings is 3. The van der Waals surface area contributed by atoms with Crippen LogP contribution >= 0.6 is 11.6 Å². The first kappa shape index (κ1) is 21.9. The van der Waals surface area contributed by atoms with Gasteiger partial charge in [0, 0.05) is 16.4 Å². The summed E-state index contributed by atoms with van der Waals surface area (Å²) in [7, 11) is -3.60. The molecule has 3 rings (SSSR count). The van der Waals surface area contributed by atoms with Gasteiger partial charge in [-0.3, -0.25) is 0 Å². The highest BCUT2D eigenvalue weighted by Gasteiger charge is 2.19. The van der Waals surface area contributed by atoms with E-state index >= 15 is 0 Å². The van der Waals surface area contributed by atoms with Crippen molar-refractivity contribution in [3.8, 4) is 0 Å². The van der Waals surface area contributed by atoms with Gasteiger partial charge in [0.1, 0.15) is 0 Å². The molecular formula is C23H23ClN2O3S. The van der Waals surface area contributed by atoms with Gasteiger partial charge in [0.05, 0.1) is 10.6 Å². The summed E-state index contributed by atoms with van der Waals surface area (Å²) in [6.45, 7) is 3.79. The van der Waals surface area contributed by atoms with Crippen molar-refractivity contribution in [3.05, 3.63) is 88.4 Å². The third-order valence-corrected chi connectivity index (χ3v) is 6.75. The van der Waals surface area contributed by atoms with Crippen LogP contribution in [0.3, 0.4) is 0 Å². The zero-order chi connectivity index (χ0) is 21.7. The fourth-order valence-corrected chi connectivity index (χ4v) is 4.79. The molecule has 0 spiro atoms. The van der Waals surface area contributed by atoms with Crippen molar-refractivity contribution >= 4 is 38.8 Å². The zero-order valence-corrected chi connectivity index (χ0v) is 18.3. The zero-order valence-electron chi connectivity index (χ0n) is 16.8. The molecule has 2 N–H and O–H groups in total. The van der Waals surface area contributed by atoms with Crippen LogP contribution in [-0.2, 0) is 22.0 Å². The minimum absolute atomic E-state index is 0.148. The topological polar surface area (TPSA) is 75.3 Å². The molecule has 0 heterocycles. The molecule has 0 saturated carbocycles. The molecular weight excluding hydrogens is 420 g/mol. The molecule has 3 aromatic rings. The van der Waals surface area contributed by atoms with Gasteiger partial charge in [-0.15, -0.1) is 0 Å². The Hall–Kier alpha value is -2.83. The van der Waals surface area contributed by atoms with E-state index in [1.165, 1.54) is 11.6 Å². The second-order valence-electron chi connectivity index (χ2n) is 7.00. The fourth-order valence-electron chi connectivity index (χ4n) is 3.01. The van der Waals surface area contributed by atoms with Crippen LogP contribution in [0.4, 0.5) is 16.2 Å². The smallest absolute Gasteiger partial charge is 0.308 e. The third kappa shape index (κ3) is 5.62. The van der Waals surface area contributed by atoms with Crippen molar-refractivity contribution in [2.75, 3.05) is 10.6 Å². The van der Waals surface area contributed by atoms with E-state index in [1.54, 1.807) is 43.3 Å². The number of sulfone groups is 1. The quantitative estimate of drug-likeness (QED) is 0.504. The molecule has 0 bridgehead atoms. The van der Waals surface area contributed by atoms with Crippen molar-refractivity contribution < 1.29 is 13.2 Å². The second kappa shape index (κ2) is 9.32. The molecule has 30 heavy (non-hydrogen) atoms. The molecule has 0 aliphatic rings. The maximum absolute atomic E-state index is 12.9. The predicted octanol–water partition coefficient (Wildman–Crippen LogP) is 5.83. The van der Waals surface area contributed by atoms with Gasteiger partial charge < -0.3 is 10.6 Å². The van der Waals surface area contributed by atoms with Crippen molar-refractivity contribution in [2.24, 2.45) is 0 Å². The maximum atomic E-state index is 12.9. The average molecular weight is 443 g/mol. The van der Waals surface area contributed by atoms with Crippen molar-refractivity contribution in [1.29, 1.82) is 0 Å². The van der Waals surface area contributed by atoms with Gasteiger partial charge >= 0.3 is 6.03 Å². The molecule has 0 aromatic heterocycles. The van der Waals surface area contributed by atoms with E-state index in [0.29, 0.717) is 27.5 Å². The summed E-state index contributed by atoms with van der Waals surface area (Å²) in [5.74, 6) is -0.148. The number of rotatable bonds is 6. The summed E-state index contributed by atoms with van der Waals surface area (Å²) in [5.41, 5.74) is 3.50. The van der Waals surface area contributed by atoms with Crippen molar-refractivity contribution in [3.63, 3.8) is 0 Å². The first-order valence-electron chi connectivity index (χ1n) is 9.51. The van der Waals surface area contributed by atoms with Gasteiger partial charge in [-0.2, -0.15) is 0 Å². The highest BCUT2D eigenvalue weighted by Crippen LogP contribution is 2.24. The van der Waals surface area contributed by atoms with Crippen LogP contribution < -0.4 is 10.6 Å². The van der Waals surface area contributed by atoms with Crippen LogP contribution in [0, 0.1) is 6.92 Å². The molecule has 3 aromatic carbocycles. The van der Waals surface area contributed by atoms with Crippen LogP contribution in [0.25, 0.3) is 0 Å². The highest BCUT2D eigenvalue weighted by molar-refractivity contribution is 7.90. The van der Waals surface area contributed by atoms with Crippen molar-refractivity contribution in [1.82, 2.24) is 0 Å². The molecule has 156 valence electrons.